The number of hydrogen-bond acceptors (Lipinski definition) is 4. The quantitative estimate of drug-likeness (QED) is 0.769. The summed E-state index contributed by atoms with van der Waals surface area (Å²) in [5.74, 6) is 1.16. The van der Waals surface area contributed by atoms with Gasteiger partial charge in [0.1, 0.15) is 0 Å². The van der Waals surface area contributed by atoms with Crippen molar-refractivity contribution in [3.8, 4) is 11.5 Å². The van der Waals surface area contributed by atoms with Gasteiger partial charge in [0.2, 0.25) is 5.91 Å². The van der Waals surface area contributed by atoms with E-state index < -0.39 is 0 Å². The summed E-state index contributed by atoms with van der Waals surface area (Å²) in [6.45, 7) is 1.53. The predicted molar refractivity (Wildman–Crippen MR) is 102 cm³/mol. The Hall–Kier alpha value is -3.22. The van der Waals surface area contributed by atoms with Crippen molar-refractivity contribution in [1.82, 2.24) is 9.13 Å². The summed E-state index contributed by atoms with van der Waals surface area (Å²) in [5.41, 5.74) is 2.20. The molecule has 0 saturated heterocycles. The number of para-hydroxylation sites is 2. The smallest absolute Gasteiger partial charge is 0.328 e. The maximum atomic E-state index is 12.4. The summed E-state index contributed by atoms with van der Waals surface area (Å²) < 4.78 is 14.5. The molecule has 1 aromatic heterocycles. The molecule has 0 atom stereocenters. The monoisotopic (exact) mass is 367 g/mol. The van der Waals surface area contributed by atoms with Gasteiger partial charge in [0, 0.05) is 38.2 Å². The first-order valence-corrected chi connectivity index (χ1v) is 8.97. The number of nitrogens with one attached hydrogen (secondary N) is 1. The molecule has 140 valence electrons. The molecule has 7 nitrogen and oxygen atoms in total. The minimum atomic E-state index is -0.163. The fourth-order valence-corrected chi connectivity index (χ4v) is 3.26. The number of imidazole rings is 1. The molecule has 7 heteroatoms. The zero-order chi connectivity index (χ0) is 18.8. The second-order valence-electron chi connectivity index (χ2n) is 6.49. The molecule has 0 spiro atoms. The minimum absolute atomic E-state index is 0.125. The minimum Gasteiger partial charge on any atom is -0.490 e. The highest BCUT2D eigenvalue weighted by Crippen LogP contribution is 2.32. The number of carbonyl (C=O) groups excluding carboxylic acids is 1. The summed E-state index contributed by atoms with van der Waals surface area (Å²) in [4.78, 5) is 24.8. The van der Waals surface area contributed by atoms with E-state index >= 15 is 0 Å². The van der Waals surface area contributed by atoms with Gasteiger partial charge in [0.15, 0.2) is 11.5 Å². The van der Waals surface area contributed by atoms with E-state index in [2.05, 4.69) is 5.32 Å². The highest BCUT2D eigenvalue weighted by atomic mass is 16.5. The van der Waals surface area contributed by atoms with Crippen LogP contribution in [0, 0.1) is 0 Å². The van der Waals surface area contributed by atoms with E-state index in [1.165, 1.54) is 0 Å². The average Bonchev–Trinajstić information content (AvgIpc) is 2.83. The van der Waals surface area contributed by atoms with Crippen molar-refractivity contribution in [1.29, 1.82) is 0 Å². The zero-order valence-corrected chi connectivity index (χ0v) is 15.1. The summed E-state index contributed by atoms with van der Waals surface area (Å²) in [7, 11) is 1.74. The van der Waals surface area contributed by atoms with Crippen LogP contribution in [0.4, 0.5) is 5.69 Å². The summed E-state index contributed by atoms with van der Waals surface area (Å²) in [5, 5.41) is 2.86. The Labute approximate surface area is 156 Å². The first-order chi connectivity index (χ1) is 13.1. The van der Waals surface area contributed by atoms with Gasteiger partial charge in [-0.1, -0.05) is 12.1 Å². The highest BCUT2D eigenvalue weighted by Gasteiger charge is 2.14. The molecule has 3 aromatic rings. The van der Waals surface area contributed by atoms with Gasteiger partial charge in [-0.25, -0.2) is 4.79 Å². The van der Waals surface area contributed by atoms with E-state index in [-0.39, 0.29) is 18.0 Å². The van der Waals surface area contributed by atoms with E-state index in [0.29, 0.717) is 36.9 Å². The van der Waals surface area contributed by atoms with Gasteiger partial charge in [0.25, 0.3) is 0 Å². The molecule has 0 radical (unpaired) electrons. The van der Waals surface area contributed by atoms with Gasteiger partial charge in [-0.05, 0) is 24.3 Å². The Kier molecular flexibility index (Phi) is 4.58. The molecular formula is C20H21N3O4. The first kappa shape index (κ1) is 17.2. The maximum absolute atomic E-state index is 12.4. The highest BCUT2D eigenvalue weighted by molar-refractivity contribution is 5.91. The molecule has 1 N–H and O–H groups in total. The molecule has 4 rings (SSSR count). The molecule has 0 aliphatic carbocycles. The second kappa shape index (κ2) is 7.19. The Bertz CT molecular complexity index is 1050. The molecule has 0 saturated carbocycles. The van der Waals surface area contributed by atoms with Crippen molar-refractivity contribution < 1.29 is 14.3 Å². The van der Waals surface area contributed by atoms with E-state index in [1.54, 1.807) is 34.4 Å². The third-order valence-corrected chi connectivity index (χ3v) is 4.65. The third kappa shape index (κ3) is 3.40. The van der Waals surface area contributed by atoms with Crippen LogP contribution in [-0.4, -0.2) is 28.3 Å². The van der Waals surface area contributed by atoms with Crippen LogP contribution < -0.4 is 20.5 Å². The number of ether oxygens (including phenoxy) is 2. The van der Waals surface area contributed by atoms with Crippen LogP contribution in [0.3, 0.4) is 0 Å². The van der Waals surface area contributed by atoms with Gasteiger partial charge in [0.05, 0.1) is 24.2 Å². The van der Waals surface area contributed by atoms with E-state index in [0.717, 1.165) is 17.5 Å². The standard InChI is InChI=1S/C20H21N3O4/c1-22-15-5-2-3-6-16(15)23(20(22)25)10-9-19(24)21-14-7-8-17-18(13-14)27-12-4-11-26-17/h2-3,5-8,13H,4,9-12H2,1H3,(H,21,24). The van der Waals surface area contributed by atoms with Crippen LogP contribution in [0.15, 0.2) is 47.3 Å². The van der Waals surface area contributed by atoms with Crippen molar-refractivity contribution in [2.45, 2.75) is 19.4 Å². The Morgan fingerprint density at radius 2 is 1.81 bits per heavy atom. The lowest BCUT2D eigenvalue weighted by Crippen LogP contribution is -2.24. The maximum Gasteiger partial charge on any atom is 0.328 e. The van der Waals surface area contributed by atoms with Crippen LogP contribution in [0.25, 0.3) is 11.0 Å². The number of anilines is 1. The SMILES string of the molecule is Cn1c(=O)n(CCC(=O)Nc2ccc3c(c2)OCCCO3)c2ccccc21. The molecule has 0 bridgehead atoms. The van der Waals surface area contributed by atoms with Crippen molar-refractivity contribution in [2.75, 3.05) is 18.5 Å². The number of aryl methyl sites for hydroxylation is 2. The summed E-state index contributed by atoms with van der Waals surface area (Å²) >= 11 is 0. The topological polar surface area (TPSA) is 74.5 Å². The molecule has 1 aliphatic heterocycles. The molecule has 27 heavy (non-hydrogen) atoms. The molecule has 2 aromatic carbocycles. The average molecular weight is 367 g/mol. The largest absolute Gasteiger partial charge is 0.490 e. The molecular weight excluding hydrogens is 346 g/mol. The van der Waals surface area contributed by atoms with Crippen molar-refractivity contribution >= 4 is 22.6 Å². The Balaban J connectivity index is 1.46. The fraction of sp³-hybridized carbons (Fsp3) is 0.300. The van der Waals surface area contributed by atoms with Crippen molar-refractivity contribution in [3.63, 3.8) is 0 Å². The van der Waals surface area contributed by atoms with Crippen molar-refractivity contribution in [2.24, 2.45) is 7.05 Å². The third-order valence-electron chi connectivity index (χ3n) is 4.65. The number of benzene rings is 2. The van der Waals surface area contributed by atoms with Crippen molar-refractivity contribution in [3.05, 3.63) is 52.9 Å². The number of nitrogens with zero attached hydrogens (tertiary/aromatic N) is 2. The predicted octanol–water partition coefficient (Wildman–Crippen LogP) is 2.53. The van der Waals surface area contributed by atoms with Crippen LogP contribution >= 0.6 is 0 Å². The van der Waals surface area contributed by atoms with Gasteiger partial charge in [-0.3, -0.25) is 13.9 Å². The lowest BCUT2D eigenvalue weighted by molar-refractivity contribution is -0.116. The van der Waals surface area contributed by atoms with E-state index in [9.17, 15) is 9.59 Å². The van der Waals surface area contributed by atoms with Crippen LogP contribution in [0.1, 0.15) is 12.8 Å². The Morgan fingerprint density at radius 3 is 2.63 bits per heavy atom. The zero-order valence-electron chi connectivity index (χ0n) is 15.1. The molecule has 0 fully saturated rings. The van der Waals surface area contributed by atoms with Crippen LogP contribution in [-0.2, 0) is 18.4 Å². The first-order valence-electron chi connectivity index (χ1n) is 8.97. The van der Waals surface area contributed by atoms with Crippen LogP contribution in [0.5, 0.6) is 11.5 Å². The number of hydrogen-bond donors (Lipinski definition) is 1. The number of rotatable bonds is 4. The molecule has 0 unspecified atom stereocenters. The van der Waals surface area contributed by atoms with Crippen LogP contribution in [0.2, 0.25) is 0 Å². The van der Waals surface area contributed by atoms with Gasteiger partial charge in [-0.2, -0.15) is 0 Å². The number of aromatic nitrogens is 2. The lowest BCUT2D eigenvalue weighted by atomic mass is 10.2. The Morgan fingerprint density at radius 1 is 1.07 bits per heavy atom. The molecule has 1 amide bonds. The normalized spacial score (nSPS) is 13.4. The number of fused-ring (bicyclic) bond motifs is 2. The van der Waals surface area contributed by atoms with Gasteiger partial charge >= 0.3 is 5.69 Å². The molecule has 2 heterocycles. The summed E-state index contributed by atoms with van der Waals surface area (Å²) in [6.07, 6.45) is 1.03. The summed E-state index contributed by atoms with van der Waals surface area (Å²) in [6, 6.07) is 12.9. The van der Waals surface area contributed by atoms with Gasteiger partial charge < -0.3 is 14.8 Å². The fourth-order valence-electron chi connectivity index (χ4n) is 3.26. The second-order valence-corrected chi connectivity index (χ2v) is 6.49. The van der Waals surface area contributed by atoms with Gasteiger partial charge in [-0.15, -0.1) is 0 Å². The van der Waals surface area contributed by atoms with E-state index in [4.69, 9.17) is 9.47 Å². The number of amides is 1. The lowest BCUT2D eigenvalue weighted by Gasteiger charge is -2.10. The molecule has 1 aliphatic rings. The van der Waals surface area contributed by atoms with E-state index in [1.807, 2.05) is 24.3 Å². The number of carbonyl (C=O) groups is 1.